The van der Waals surface area contributed by atoms with Gasteiger partial charge in [0.05, 0.1) is 0 Å². The normalized spacial score (nSPS) is 10.7. The van der Waals surface area contributed by atoms with Gasteiger partial charge in [-0.05, 0) is 55.4 Å². The maximum absolute atomic E-state index is 5.68. The van der Waals surface area contributed by atoms with Gasteiger partial charge in [0.2, 0.25) is 0 Å². The fraction of sp³-hybridized carbons (Fsp3) is 0.400. The molecule has 0 aromatic heterocycles. The fourth-order valence-corrected chi connectivity index (χ4v) is 2.53. The van der Waals surface area contributed by atoms with E-state index in [1.165, 1.54) is 23.1 Å². The molecule has 23 heavy (non-hydrogen) atoms. The molecule has 0 unspecified atom stereocenters. The monoisotopic (exact) mass is 313 g/mol. The lowest BCUT2D eigenvalue weighted by Crippen LogP contribution is -2.04. The van der Waals surface area contributed by atoms with Gasteiger partial charge in [-0.3, -0.25) is 0 Å². The Morgan fingerprint density at radius 2 is 1.57 bits per heavy atom. The van der Waals surface area contributed by atoms with Gasteiger partial charge in [0.1, 0.15) is 5.75 Å². The Morgan fingerprint density at radius 1 is 0.870 bits per heavy atom. The van der Waals surface area contributed by atoms with Crippen LogP contribution in [0.4, 0.5) is 0 Å². The smallest absolute Gasteiger partial charge is 0.189 e. The van der Waals surface area contributed by atoms with Crippen molar-refractivity contribution in [1.82, 2.24) is 0 Å². The maximum atomic E-state index is 5.68. The Labute approximate surface area is 139 Å². The maximum Gasteiger partial charge on any atom is 0.189 e. The van der Waals surface area contributed by atoms with Crippen molar-refractivity contribution in [2.24, 2.45) is 5.73 Å². The zero-order chi connectivity index (χ0) is 16.3. The van der Waals surface area contributed by atoms with Crippen LogP contribution in [0.1, 0.15) is 36.5 Å². The Kier molecular flexibility index (Phi) is 7.64. The van der Waals surface area contributed by atoms with Crippen LogP contribution in [0, 0.1) is 0 Å². The fourth-order valence-electron chi connectivity index (χ4n) is 2.53. The van der Waals surface area contributed by atoms with Crippen LogP contribution in [0.25, 0.3) is 0 Å². The summed E-state index contributed by atoms with van der Waals surface area (Å²) in [6.45, 7) is 3.57. The van der Waals surface area contributed by atoms with Crippen molar-refractivity contribution >= 4 is 0 Å². The van der Waals surface area contributed by atoms with Crippen LogP contribution < -0.4 is 10.5 Å². The summed E-state index contributed by atoms with van der Waals surface area (Å²) in [5.41, 5.74) is 9.45. The first-order valence-corrected chi connectivity index (χ1v) is 8.39. The average molecular weight is 313 g/mol. The van der Waals surface area contributed by atoms with E-state index in [1.54, 1.807) is 0 Å². The van der Waals surface area contributed by atoms with Gasteiger partial charge in [-0.15, -0.1) is 0 Å². The standard InChI is InChI=1S/C20H27NO2/c1-2-22-16-23-20-10-6-5-9-19(20)8-4-3-7-17-11-13-18(15-21)14-12-17/h5-6,9-14H,2-4,7-8,15-16,21H2,1H3. The molecule has 0 aliphatic rings. The summed E-state index contributed by atoms with van der Waals surface area (Å²) in [5, 5.41) is 0. The number of rotatable bonds is 10. The summed E-state index contributed by atoms with van der Waals surface area (Å²) in [6, 6.07) is 16.8. The second-order valence-corrected chi connectivity index (χ2v) is 5.59. The summed E-state index contributed by atoms with van der Waals surface area (Å²) in [7, 11) is 0. The second-order valence-electron chi connectivity index (χ2n) is 5.59. The van der Waals surface area contributed by atoms with Gasteiger partial charge in [0.15, 0.2) is 6.79 Å². The highest BCUT2D eigenvalue weighted by Gasteiger charge is 2.03. The third-order valence-electron chi connectivity index (χ3n) is 3.89. The molecule has 0 spiro atoms. The third kappa shape index (κ3) is 6.05. The molecule has 3 heteroatoms. The van der Waals surface area contributed by atoms with Crippen LogP contribution >= 0.6 is 0 Å². The molecule has 0 aliphatic heterocycles. The zero-order valence-corrected chi connectivity index (χ0v) is 14.0. The Hall–Kier alpha value is -1.84. The molecule has 0 saturated carbocycles. The topological polar surface area (TPSA) is 44.5 Å². The molecule has 0 bridgehead atoms. The van der Waals surface area contributed by atoms with Crippen molar-refractivity contribution in [3.63, 3.8) is 0 Å². The van der Waals surface area contributed by atoms with Crippen LogP contribution in [0.15, 0.2) is 48.5 Å². The van der Waals surface area contributed by atoms with E-state index in [0.29, 0.717) is 19.9 Å². The molecule has 0 saturated heterocycles. The van der Waals surface area contributed by atoms with E-state index in [0.717, 1.165) is 25.0 Å². The average Bonchev–Trinajstić information content (AvgIpc) is 2.60. The SMILES string of the molecule is CCOCOc1ccccc1CCCCc1ccc(CN)cc1. The largest absolute Gasteiger partial charge is 0.467 e. The molecule has 0 fully saturated rings. The van der Waals surface area contributed by atoms with E-state index in [2.05, 4.69) is 36.4 Å². The predicted molar refractivity (Wildman–Crippen MR) is 94.5 cm³/mol. The summed E-state index contributed by atoms with van der Waals surface area (Å²) in [5.74, 6) is 0.938. The second kappa shape index (κ2) is 10.0. The van der Waals surface area contributed by atoms with Crippen LogP contribution in [0.5, 0.6) is 5.75 Å². The first kappa shape index (κ1) is 17.5. The first-order chi connectivity index (χ1) is 11.3. The van der Waals surface area contributed by atoms with Crippen molar-refractivity contribution < 1.29 is 9.47 Å². The van der Waals surface area contributed by atoms with Gasteiger partial charge in [-0.25, -0.2) is 0 Å². The molecule has 2 rings (SSSR count). The number of benzene rings is 2. The van der Waals surface area contributed by atoms with Gasteiger partial charge < -0.3 is 15.2 Å². The Balaban J connectivity index is 1.77. The molecule has 0 amide bonds. The van der Waals surface area contributed by atoms with Gasteiger partial charge in [-0.2, -0.15) is 0 Å². The van der Waals surface area contributed by atoms with Crippen LogP contribution in [0.3, 0.4) is 0 Å². The first-order valence-electron chi connectivity index (χ1n) is 8.39. The lowest BCUT2D eigenvalue weighted by atomic mass is 10.0. The number of hydrogen-bond donors (Lipinski definition) is 1. The van der Waals surface area contributed by atoms with Crippen molar-refractivity contribution in [3.8, 4) is 5.75 Å². The number of aryl methyl sites for hydroxylation is 2. The number of para-hydroxylation sites is 1. The zero-order valence-electron chi connectivity index (χ0n) is 14.0. The highest BCUT2D eigenvalue weighted by molar-refractivity contribution is 5.33. The third-order valence-corrected chi connectivity index (χ3v) is 3.89. The van der Waals surface area contributed by atoms with E-state index >= 15 is 0 Å². The summed E-state index contributed by atoms with van der Waals surface area (Å²) < 4.78 is 10.9. The molecule has 2 aromatic carbocycles. The molecule has 3 nitrogen and oxygen atoms in total. The minimum absolute atomic E-state index is 0.320. The van der Waals surface area contributed by atoms with Crippen molar-refractivity contribution in [1.29, 1.82) is 0 Å². The predicted octanol–water partition coefficient (Wildman–Crippen LogP) is 4.08. The van der Waals surface area contributed by atoms with E-state index < -0.39 is 0 Å². The van der Waals surface area contributed by atoms with Crippen molar-refractivity contribution in [2.45, 2.75) is 39.2 Å². The van der Waals surface area contributed by atoms with Gasteiger partial charge in [0.25, 0.3) is 0 Å². The Bertz CT molecular complexity index is 566. The van der Waals surface area contributed by atoms with Crippen molar-refractivity contribution in [3.05, 3.63) is 65.2 Å². The lowest BCUT2D eigenvalue weighted by Gasteiger charge is -2.11. The molecule has 2 N–H and O–H groups in total. The number of ether oxygens (including phenoxy) is 2. The molecular weight excluding hydrogens is 286 g/mol. The van der Waals surface area contributed by atoms with E-state index in [9.17, 15) is 0 Å². The van der Waals surface area contributed by atoms with Crippen molar-refractivity contribution in [2.75, 3.05) is 13.4 Å². The highest BCUT2D eigenvalue weighted by atomic mass is 16.7. The molecular formula is C20H27NO2. The molecule has 124 valence electrons. The lowest BCUT2D eigenvalue weighted by molar-refractivity contribution is 0.0218. The quantitative estimate of drug-likeness (QED) is 0.531. The van der Waals surface area contributed by atoms with Crippen LogP contribution in [0.2, 0.25) is 0 Å². The summed E-state index contributed by atoms with van der Waals surface area (Å²) in [4.78, 5) is 0. The molecule has 0 radical (unpaired) electrons. The van der Waals surface area contributed by atoms with Gasteiger partial charge >= 0.3 is 0 Å². The number of unbranched alkanes of at least 4 members (excludes halogenated alkanes) is 1. The summed E-state index contributed by atoms with van der Waals surface area (Å²) in [6.07, 6.45) is 4.45. The molecule has 0 heterocycles. The Morgan fingerprint density at radius 3 is 2.30 bits per heavy atom. The van der Waals surface area contributed by atoms with Gasteiger partial charge in [0, 0.05) is 13.2 Å². The van der Waals surface area contributed by atoms with Crippen LogP contribution in [-0.4, -0.2) is 13.4 Å². The molecule has 2 aromatic rings. The summed E-state index contributed by atoms with van der Waals surface area (Å²) >= 11 is 0. The van der Waals surface area contributed by atoms with E-state index in [4.69, 9.17) is 15.2 Å². The van der Waals surface area contributed by atoms with E-state index in [1.807, 2.05) is 19.1 Å². The minimum Gasteiger partial charge on any atom is -0.467 e. The number of hydrogen-bond acceptors (Lipinski definition) is 3. The van der Waals surface area contributed by atoms with Crippen LogP contribution in [-0.2, 0) is 24.1 Å². The van der Waals surface area contributed by atoms with E-state index in [-0.39, 0.29) is 0 Å². The number of nitrogens with two attached hydrogens (primary N) is 1. The molecule has 0 atom stereocenters. The highest BCUT2D eigenvalue weighted by Crippen LogP contribution is 2.20. The molecule has 0 aliphatic carbocycles. The van der Waals surface area contributed by atoms with Gasteiger partial charge in [-0.1, -0.05) is 42.5 Å². The minimum atomic E-state index is 0.320.